The maximum Gasteiger partial charge on any atom is 0.266 e. The van der Waals surface area contributed by atoms with Crippen LogP contribution in [0.25, 0.3) is 0 Å². The molecule has 0 saturated heterocycles. The number of amides is 1. The molecule has 0 unspecified atom stereocenters. The topological polar surface area (TPSA) is 75.3 Å². The number of anilines is 1. The predicted octanol–water partition coefficient (Wildman–Crippen LogP) is 1.36. The van der Waals surface area contributed by atoms with Gasteiger partial charge in [0.15, 0.2) is 0 Å². The maximum absolute atomic E-state index is 12.2. The van der Waals surface area contributed by atoms with Crippen molar-refractivity contribution in [3.05, 3.63) is 36.9 Å². The summed E-state index contributed by atoms with van der Waals surface area (Å²) in [6.45, 7) is 3.60. The fourth-order valence-corrected chi connectivity index (χ4v) is 3.19. The van der Waals surface area contributed by atoms with Gasteiger partial charge in [-0.05, 0) is 24.5 Å². The first kappa shape index (κ1) is 13.6. The Kier molecular flexibility index (Phi) is 3.61. The summed E-state index contributed by atoms with van der Waals surface area (Å²) in [5.74, 6) is -0.639. The van der Waals surface area contributed by atoms with E-state index >= 15 is 0 Å². The molecule has 19 heavy (non-hydrogen) atoms. The number of carbonyl (C=O) groups is 1. The third kappa shape index (κ3) is 2.78. The van der Waals surface area contributed by atoms with Crippen molar-refractivity contribution in [3.63, 3.8) is 0 Å². The van der Waals surface area contributed by atoms with Crippen LogP contribution in [0.5, 0.6) is 0 Å². The largest absolute Gasteiger partial charge is 0.387 e. The van der Waals surface area contributed by atoms with E-state index in [1.54, 1.807) is 31.3 Å². The van der Waals surface area contributed by atoms with Crippen LogP contribution in [0.1, 0.15) is 6.42 Å². The van der Waals surface area contributed by atoms with E-state index in [9.17, 15) is 13.2 Å². The van der Waals surface area contributed by atoms with Crippen molar-refractivity contribution in [1.29, 1.82) is 0 Å². The van der Waals surface area contributed by atoms with E-state index in [1.807, 2.05) is 0 Å². The van der Waals surface area contributed by atoms with Gasteiger partial charge in [0, 0.05) is 13.0 Å². The number of rotatable bonds is 5. The van der Waals surface area contributed by atoms with Crippen molar-refractivity contribution in [2.45, 2.75) is 11.3 Å². The molecule has 1 aliphatic rings. The van der Waals surface area contributed by atoms with Gasteiger partial charge in [-0.3, -0.25) is 4.79 Å². The van der Waals surface area contributed by atoms with E-state index in [2.05, 4.69) is 16.6 Å². The van der Waals surface area contributed by atoms with Crippen LogP contribution in [0.2, 0.25) is 0 Å². The van der Waals surface area contributed by atoms with Gasteiger partial charge in [-0.25, -0.2) is 13.1 Å². The number of allylic oxidation sites excluding steroid dienone is 1. The molecule has 0 heterocycles. The van der Waals surface area contributed by atoms with Gasteiger partial charge >= 0.3 is 0 Å². The van der Waals surface area contributed by atoms with Crippen LogP contribution >= 0.6 is 0 Å². The van der Waals surface area contributed by atoms with Crippen molar-refractivity contribution in [2.75, 3.05) is 12.4 Å². The first-order valence-electron chi connectivity index (χ1n) is 5.95. The molecule has 1 aromatic rings. The van der Waals surface area contributed by atoms with Crippen LogP contribution < -0.4 is 10.0 Å². The van der Waals surface area contributed by atoms with E-state index in [-0.39, 0.29) is 16.7 Å². The molecule has 0 bridgehead atoms. The van der Waals surface area contributed by atoms with Gasteiger partial charge in [0.2, 0.25) is 5.91 Å². The molecule has 2 atom stereocenters. The van der Waals surface area contributed by atoms with Crippen molar-refractivity contribution in [3.8, 4) is 0 Å². The van der Waals surface area contributed by atoms with E-state index in [4.69, 9.17) is 0 Å². The Morgan fingerprint density at radius 1 is 1.42 bits per heavy atom. The van der Waals surface area contributed by atoms with E-state index in [1.165, 1.54) is 6.07 Å². The molecular weight excluding hydrogens is 264 g/mol. The first-order chi connectivity index (χ1) is 8.99. The Morgan fingerprint density at radius 2 is 2.11 bits per heavy atom. The zero-order valence-electron chi connectivity index (χ0n) is 10.6. The lowest BCUT2D eigenvalue weighted by molar-refractivity contribution is -0.120. The summed E-state index contributed by atoms with van der Waals surface area (Å²) in [7, 11) is -2.21. The number of sulfonamides is 1. The van der Waals surface area contributed by atoms with Crippen LogP contribution in [0.4, 0.5) is 5.69 Å². The second kappa shape index (κ2) is 5.05. The highest BCUT2D eigenvalue weighted by Gasteiger charge is 2.42. The lowest BCUT2D eigenvalue weighted by Crippen LogP contribution is -2.32. The summed E-state index contributed by atoms with van der Waals surface area (Å²) in [5.41, 5.74) is 0.457. The lowest BCUT2D eigenvalue weighted by Gasteiger charge is -2.10. The highest BCUT2D eigenvalue weighted by Crippen LogP contribution is 2.39. The van der Waals surface area contributed by atoms with Crippen LogP contribution in [0.3, 0.4) is 0 Å². The Morgan fingerprint density at radius 3 is 2.68 bits per heavy atom. The van der Waals surface area contributed by atoms with Gasteiger partial charge in [-0.2, -0.15) is 0 Å². The summed E-state index contributed by atoms with van der Waals surface area (Å²) in [6, 6.07) is 6.44. The normalized spacial score (nSPS) is 21.5. The Hall–Kier alpha value is -1.82. The van der Waals surface area contributed by atoms with Gasteiger partial charge < -0.3 is 5.32 Å². The lowest BCUT2D eigenvalue weighted by atomic mass is 10.3. The van der Waals surface area contributed by atoms with Gasteiger partial charge in [-0.15, -0.1) is 6.58 Å². The number of carbonyl (C=O) groups excluding carboxylic acids is 1. The molecule has 1 aliphatic carbocycles. The molecule has 1 aromatic carbocycles. The van der Waals surface area contributed by atoms with Crippen molar-refractivity contribution in [1.82, 2.24) is 4.72 Å². The molecule has 1 fully saturated rings. The molecule has 102 valence electrons. The predicted molar refractivity (Wildman–Crippen MR) is 73.1 cm³/mol. The average Bonchev–Trinajstić information content (AvgIpc) is 3.17. The van der Waals surface area contributed by atoms with Crippen LogP contribution in [-0.2, 0) is 14.8 Å². The standard InChI is InChI=1S/C13H16N2O3S/c1-3-9-8-10(9)13(16)15-19(17,18)12-7-5-4-6-11(12)14-2/h3-7,9-10,14H,1,8H2,2H3,(H,15,16)/t9-,10+/m1/s1. The quantitative estimate of drug-likeness (QED) is 0.798. The molecule has 0 aromatic heterocycles. The molecule has 2 N–H and O–H groups in total. The zero-order valence-corrected chi connectivity index (χ0v) is 11.4. The maximum atomic E-state index is 12.2. The summed E-state index contributed by atoms with van der Waals surface area (Å²) in [6.07, 6.45) is 2.34. The fourth-order valence-electron chi connectivity index (χ4n) is 1.95. The van der Waals surface area contributed by atoms with Gasteiger partial charge in [0.05, 0.1) is 5.69 Å². The second-order valence-electron chi connectivity index (χ2n) is 4.46. The Labute approximate surface area is 112 Å². The minimum atomic E-state index is -3.84. The number of benzene rings is 1. The SMILES string of the molecule is C=C[C@@H]1C[C@@H]1C(=O)NS(=O)(=O)c1ccccc1NC. The first-order valence-corrected chi connectivity index (χ1v) is 7.44. The molecule has 6 heteroatoms. The monoisotopic (exact) mass is 280 g/mol. The molecule has 1 saturated carbocycles. The third-order valence-electron chi connectivity index (χ3n) is 3.16. The van der Waals surface area contributed by atoms with Crippen molar-refractivity contribution in [2.24, 2.45) is 11.8 Å². The zero-order chi connectivity index (χ0) is 14.0. The van der Waals surface area contributed by atoms with Crippen LogP contribution in [0.15, 0.2) is 41.8 Å². The van der Waals surface area contributed by atoms with Crippen LogP contribution in [-0.4, -0.2) is 21.4 Å². The van der Waals surface area contributed by atoms with Gasteiger partial charge in [0.1, 0.15) is 4.90 Å². The van der Waals surface area contributed by atoms with Crippen LogP contribution in [0, 0.1) is 11.8 Å². The third-order valence-corrected chi connectivity index (χ3v) is 4.57. The van der Waals surface area contributed by atoms with Crippen molar-refractivity contribution >= 4 is 21.6 Å². The molecule has 1 amide bonds. The number of nitrogens with one attached hydrogen (secondary N) is 2. The fraction of sp³-hybridized carbons (Fsp3) is 0.308. The van der Waals surface area contributed by atoms with E-state index in [0.717, 1.165) is 0 Å². The summed E-state index contributed by atoms with van der Waals surface area (Å²) < 4.78 is 26.4. The smallest absolute Gasteiger partial charge is 0.266 e. The minimum absolute atomic E-state index is 0.0710. The van der Waals surface area contributed by atoms with Crippen molar-refractivity contribution < 1.29 is 13.2 Å². The Bertz CT molecular complexity index is 610. The highest BCUT2D eigenvalue weighted by atomic mass is 32.2. The second-order valence-corrected chi connectivity index (χ2v) is 6.11. The molecule has 0 radical (unpaired) electrons. The Balaban J connectivity index is 2.19. The summed E-state index contributed by atoms with van der Waals surface area (Å²) in [4.78, 5) is 11.9. The molecule has 5 nitrogen and oxygen atoms in total. The molecule has 0 spiro atoms. The van der Waals surface area contributed by atoms with Gasteiger partial charge in [-0.1, -0.05) is 18.2 Å². The number of hydrogen-bond donors (Lipinski definition) is 2. The molecule has 2 rings (SSSR count). The van der Waals surface area contributed by atoms with E-state index in [0.29, 0.717) is 12.1 Å². The van der Waals surface area contributed by atoms with E-state index < -0.39 is 15.9 Å². The minimum Gasteiger partial charge on any atom is -0.387 e. The number of hydrogen-bond acceptors (Lipinski definition) is 4. The summed E-state index contributed by atoms with van der Waals surface area (Å²) in [5, 5.41) is 2.79. The van der Waals surface area contributed by atoms with Gasteiger partial charge in [0.25, 0.3) is 10.0 Å². The summed E-state index contributed by atoms with van der Waals surface area (Å²) >= 11 is 0. The molecule has 0 aliphatic heterocycles. The number of para-hydroxylation sites is 1. The highest BCUT2D eigenvalue weighted by molar-refractivity contribution is 7.90. The molecular formula is C13H16N2O3S. The average molecular weight is 280 g/mol.